The lowest BCUT2D eigenvalue weighted by Crippen LogP contribution is -1.92. The number of rotatable bonds is 2. The Morgan fingerprint density at radius 1 is 1.29 bits per heavy atom. The normalized spacial score (nSPS) is 10.1. The molecule has 4 heteroatoms. The molecule has 1 heterocycles. The maximum Gasteiger partial charge on any atom is 0.147 e. The second-order valence-electron chi connectivity index (χ2n) is 2.76. The molecule has 0 radical (unpaired) electrons. The highest BCUT2D eigenvalue weighted by Gasteiger charge is 2.02. The van der Waals surface area contributed by atoms with Gasteiger partial charge in [0.05, 0.1) is 5.69 Å². The van der Waals surface area contributed by atoms with Crippen LogP contribution in [0.3, 0.4) is 0 Å². The van der Waals surface area contributed by atoms with Crippen molar-refractivity contribution in [1.82, 2.24) is 0 Å². The number of hydrogen-bond acceptors (Lipinski definition) is 2. The Morgan fingerprint density at radius 2 is 2.14 bits per heavy atom. The highest BCUT2D eigenvalue weighted by molar-refractivity contribution is 14.1. The van der Waals surface area contributed by atoms with Crippen LogP contribution < -0.4 is 5.32 Å². The SMILES string of the molecule is Fc1cc(I)ccc1Nc1ccsc1. The van der Waals surface area contributed by atoms with Gasteiger partial charge in [0.1, 0.15) is 5.82 Å². The van der Waals surface area contributed by atoms with Gasteiger partial charge < -0.3 is 5.32 Å². The minimum atomic E-state index is -0.219. The average molecular weight is 319 g/mol. The van der Waals surface area contributed by atoms with Crippen LogP contribution in [0.15, 0.2) is 35.0 Å². The van der Waals surface area contributed by atoms with Crippen LogP contribution >= 0.6 is 33.9 Å². The van der Waals surface area contributed by atoms with E-state index in [1.807, 2.05) is 22.9 Å². The van der Waals surface area contributed by atoms with E-state index < -0.39 is 0 Å². The van der Waals surface area contributed by atoms with Crippen molar-refractivity contribution in [3.8, 4) is 0 Å². The second-order valence-corrected chi connectivity index (χ2v) is 4.79. The van der Waals surface area contributed by atoms with Crippen molar-refractivity contribution in [1.29, 1.82) is 0 Å². The van der Waals surface area contributed by atoms with Gasteiger partial charge in [0.25, 0.3) is 0 Å². The lowest BCUT2D eigenvalue weighted by atomic mass is 10.3. The molecule has 2 aromatic rings. The molecule has 1 aromatic carbocycles. The molecule has 1 nitrogen and oxygen atoms in total. The third kappa shape index (κ3) is 2.24. The van der Waals surface area contributed by atoms with Crippen LogP contribution in [0.4, 0.5) is 15.8 Å². The van der Waals surface area contributed by atoms with Crippen LogP contribution in [0.25, 0.3) is 0 Å². The molecule has 2 rings (SSSR count). The van der Waals surface area contributed by atoms with E-state index in [1.165, 1.54) is 6.07 Å². The minimum absolute atomic E-state index is 0.219. The first kappa shape index (κ1) is 9.92. The van der Waals surface area contributed by atoms with E-state index in [9.17, 15) is 4.39 Å². The predicted molar refractivity (Wildman–Crippen MR) is 66.7 cm³/mol. The number of anilines is 2. The zero-order chi connectivity index (χ0) is 9.97. The van der Waals surface area contributed by atoms with Crippen molar-refractivity contribution in [2.75, 3.05) is 5.32 Å². The van der Waals surface area contributed by atoms with Crippen LogP contribution in [0, 0.1) is 9.39 Å². The van der Waals surface area contributed by atoms with Gasteiger partial charge in [-0.25, -0.2) is 4.39 Å². The molecule has 72 valence electrons. The molecule has 0 saturated heterocycles. The summed E-state index contributed by atoms with van der Waals surface area (Å²) in [4.78, 5) is 0. The molecule has 14 heavy (non-hydrogen) atoms. The third-order valence-electron chi connectivity index (χ3n) is 1.73. The lowest BCUT2D eigenvalue weighted by molar-refractivity contribution is 0.631. The van der Waals surface area contributed by atoms with Crippen molar-refractivity contribution in [3.63, 3.8) is 0 Å². The third-order valence-corrected chi connectivity index (χ3v) is 3.09. The van der Waals surface area contributed by atoms with Crippen LogP contribution in [0.2, 0.25) is 0 Å². The molecule has 0 atom stereocenters. The Morgan fingerprint density at radius 3 is 2.79 bits per heavy atom. The fourth-order valence-corrected chi connectivity index (χ4v) is 2.12. The van der Waals surface area contributed by atoms with E-state index in [4.69, 9.17) is 0 Å². The largest absolute Gasteiger partial charge is 0.352 e. The van der Waals surface area contributed by atoms with Gasteiger partial charge >= 0.3 is 0 Å². The molecule has 0 aliphatic rings. The first-order valence-corrected chi connectivity index (χ1v) is 6.02. The monoisotopic (exact) mass is 319 g/mol. The van der Waals surface area contributed by atoms with Gasteiger partial charge in [0.2, 0.25) is 0 Å². The van der Waals surface area contributed by atoms with E-state index in [0.717, 1.165) is 9.26 Å². The maximum atomic E-state index is 13.4. The molecule has 0 aliphatic heterocycles. The van der Waals surface area contributed by atoms with Gasteiger partial charge in [-0.1, -0.05) is 0 Å². The molecular formula is C10H7FINS. The Balaban J connectivity index is 2.25. The van der Waals surface area contributed by atoms with Crippen LogP contribution in [-0.4, -0.2) is 0 Å². The van der Waals surface area contributed by atoms with E-state index in [1.54, 1.807) is 17.4 Å². The maximum absolute atomic E-state index is 13.4. The van der Waals surface area contributed by atoms with E-state index in [0.29, 0.717) is 5.69 Å². The van der Waals surface area contributed by atoms with Gasteiger partial charge in [-0.3, -0.25) is 0 Å². The van der Waals surface area contributed by atoms with Gasteiger partial charge in [-0.15, -0.1) is 0 Å². The van der Waals surface area contributed by atoms with Crippen molar-refractivity contribution in [2.45, 2.75) is 0 Å². The van der Waals surface area contributed by atoms with Crippen LogP contribution in [-0.2, 0) is 0 Å². The highest BCUT2D eigenvalue weighted by atomic mass is 127. The van der Waals surface area contributed by atoms with Crippen molar-refractivity contribution in [3.05, 3.63) is 44.4 Å². The summed E-state index contributed by atoms with van der Waals surface area (Å²) in [5, 5.41) is 6.90. The molecule has 0 bridgehead atoms. The number of thiophene rings is 1. The van der Waals surface area contributed by atoms with E-state index in [-0.39, 0.29) is 5.82 Å². The Hall–Kier alpha value is -0.620. The Labute approximate surface area is 99.1 Å². The van der Waals surface area contributed by atoms with E-state index >= 15 is 0 Å². The van der Waals surface area contributed by atoms with Crippen molar-refractivity contribution in [2.24, 2.45) is 0 Å². The first-order chi connectivity index (χ1) is 6.75. The van der Waals surface area contributed by atoms with E-state index in [2.05, 4.69) is 27.9 Å². The average Bonchev–Trinajstić information content (AvgIpc) is 2.62. The summed E-state index contributed by atoms with van der Waals surface area (Å²) >= 11 is 3.67. The topological polar surface area (TPSA) is 12.0 Å². The standard InChI is InChI=1S/C10H7FINS/c11-9-5-7(12)1-2-10(9)13-8-3-4-14-6-8/h1-6,13H. The fraction of sp³-hybridized carbons (Fsp3) is 0. The molecule has 1 aromatic heterocycles. The molecule has 0 spiro atoms. The van der Waals surface area contributed by atoms with Crippen LogP contribution in [0.5, 0.6) is 0 Å². The molecule has 0 unspecified atom stereocenters. The smallest absolute Gasteiger partial charge is 0.147 e. The van der Waals surface area contributed by atoms with Crippen molar-refractivity contribution < 1.29 is 4.39 Å². The summed E-state index contributed by atoms with van der Waals surface area (Å²) in [6.45, 7) is 0. The fourth-order valence-electron chi connectivity index (χ4n) is 1.08. The second kappa shape index (κ2) is 4.27. The number of benzene rings is 1. The predicted octanol–water partition coefficient (Wildman–Crippen LogP) is 4.24. The number of hydrogen-bond donors (Lipinski definition) is 1. The molecule has 0 aliphatic carbocycles. The van der Waals surface area contributed by atoms with Crippen molar-refractivity contribution >= 4 is 45.3 Å². The highest BCUT2D eigenvalue weighted by Crippen LogP contribution is 2.22. The Bertz CT molecular complexity index is 428. The zero-order valence-corrected chi connectivity index (χ0v) is 10.1. The quantitative estimate of drug-likeness (QED) is 0.817. The lowest BCUT2D eigenvalue weighted by Gasteiger charge is -2.05. The van der Waals surface area contributed by atoms with Gasteiger partial charge in [-0.2, -0.15) is 11.3 Å². The zero-order valence-electron chi connectivity index (χ0n) is 7.13. The summed E-state index contributed by atoms with van der Waals surface area (Å²) in [5.74, 6) is -0.219. The molecule has 0 amide bonds. The Kier molecular flexibility index (Phi) is 3.02. The number of nitrogens with one attached hydrogen (secondary N) is 1. The van der Waals surface area contributed by atoms with Gasteiger partial charge in [-0.05, 0) is 52.2 Å². The molecular weight excluding hydrogens is 312 g/mol. The number of halogens is 2. The minimum Gasteiger partial charge on any atom is -0.352 e. The summed E-state index contributed by atoms with van der Waals surface area (Å²) < 4.78 is 14.3. The summed E-state index contributed by atoms with van der Waals surface area (Å²) in [6, 6.07) is 7.05. The summed E-state index contributed by atoms with van der Waals surface area (Å²) in [6.07, 6.45) is 0. The molecule has 0 fully saturated rings. The molecule has 0 saturated carbocycles. The molecule has 1 N–H and O–H groups in total. The van der Waals surface area contributed by atoms with Crippen LogP contribution in [0.1, 0.15) is 0 Å². The summed E-state index contributed by atoms with van der Waals surface area (Å²) in [7, 11) is 0. The van der Waals surface area contributed by atoms with Gasteiger partial charge in [0.15, 0.2) is 0 Å². The van der Waals surface area contributed by atoms with Gasteiger partial charge in [0, 0.05) is 14.6 Å². The first-order valence-electron chi connectivity index (χ1n) is 4.00. The summed E-state index contributed by atoms with van der Waals surface area (Å²) in [5.41, 5.74) is 1.44.